The Morgan fingerprint density at radius 3 is 2.20 bits per heavy atom. The average Bonchev–Trinajstić information content (AvgIpc) is 2.75. The molecule has 1 N–H and O–H groups in total. The van der Waals surface area contributed by atoms with E-state index in [1.165, 1.54) is 4.88 Å². The number of aryl methyl sites for hydroxylation is 1. The Morgan fingerprint density at radius 1 is 1.15 bits per heavy atom. The standard InChI is InChI=1S/C16H30N2OS/c1-8-16(9-2,19-10-3)14-18-12(4)13(20-14)11-17-15(5,6)7/h17H,8-11H2,1-7H3. The minimum atomic E-state index is -0.204. The van der Waals surface area contributed by atoms with Crippen LogP contribution in [-0.4, -0.2) is 17.1 Å². The third-order valence-corrected chi connectivity index (χ3v) is 4.97. The summed E-state index contributed by atoms with van der Waals surface area (Å²) in [4.78, 5) is 6.12. The molecule has 0 aliphatic heterocycles. The molecule has 0 aromatic carbocycles. The van der Waals surface area contributed by atoms with Crippen LogP contribution in [0.5, 0.6) is 0 Å². The second kappa shape index (κ2) is 7.01. The van der Waals surface area contributed by atoms with E-state index in [1.807, 2.05) is 0 Å². The lowest BCUT2D eigenvalue weighted by Crippen LogP contribution is -2.34. The Morgan fingerprint density at radius 2 is 1.75 bits per heavy atom. The molecule has 0 bridgehead atoms. The molecule has 0 aliphatic rings. The predicted octanol–water partition coefficient (Wildman–Crippen LogP) is 4.39. The highest BCUT2D eigenvalue weighted by Crippen LogP contribution is 2.37. The smallest absolute Gasteiger partial charge is 0.125 e. The van der Waals surface area contributed by atoms with Crippen molar-refractivity contribution >= 4 is 11.3 Å². The number of hydrogen-bond acceptors (Lipinski definition) is 4. The van der Waals surface area contributed by atoms with Crippen LogP contribution in [0.15, 0.2) is 0 Å². The number of aromatic nitrogens is 1. The van der Waals surface area contributed by atoms with Gasteiger partial charge in [-0.05, 0) is 47.5 Å². The molecule has 1 rings (SSSR count). The van der Waals surface area contributed by atoms with Crippen LogP contribution < -0.4 is 5.32 Å². The van der Waals surface area contributed by atoms with Crippen molar-refractivity contribution in [2.24, 2.45) is 0 Å². The van der Waals surface area contributed by atoms with Crippen molar-refractivity contribution in [3.63, 3.8) is 0 Å². The Labute approximate surface area is 128 Å². The fourth-order valence-electron chi connectivity index (χ4n) is 2.23. The molecule has 0 amide bonds. The van der Waals surface area contributed by atoms with E-state index in [0.29, 0.717) is 0 Å². The molecule has 4 heteroatoms. The first-order chi connectivity index (χ1) is 9.28. The molecule has 0 radical (unpaired) electrons. The Balaban J connectivity index is 2.97. The fraction of sp³-hybridized carbons (Fsp3) is 0.812. The van der Waals surface area contributed by atoms with Crippen molar-refractivity contribution in [2.75, 3.05) is 6.61 Å². The molecule has 1 heterocycles. The van der Waals surface area contributed by atoms with Crippen LogP contribution in [0.2, 0.25) is 0 Å². The van der Waals surface area contributed by atoms with Gasteiger partial charge in [-0.2, -0.15) is 0 Å². The van der Waals surface area contributed by atoms with Crippen LogP contribution in [-0.2, 0) is 16.9 Å². The quantitative estimate of drug-likeness (QED) is 0.810. The molecule has 0 unspecified atom stereocenters. The second-order valence-corrected chi connectivity index (χ2v) is 7.35. The summed E-state index contributed by atoms with van der Waals surface area (Å²) in [5.41, 5.74) is 1.06. The van der Waals surface area contributed by atoms with Gasteiger partial charge in [-0.15, -0.1) is 11.3 Å². The van der Waals surface area contributed by atoms with Gasteiger partial charge in [0.2, 0.25) is 0 Å². The van der Waals surface area contributed by atoms with E-state index in [4.69, 9.17) is 9.72 Å². The first kappa shape index (κ1) is 17.6. The molecule has 0 saturated carbocycles. The van der Waals surface area contributed by atoms with Crippen molar-refractivity contribution in [2.45, 2.75) is 79.0 Å². The van der Waals surface area contributed by atoms with Gasteiger partial charge < -0.3 is 10.1 Å². The average molecular weight is 298 g/mol. The lowest BCUT2D eigenvalue weighted by atomic mass is 9.98. The maximum atomic E-state index is 6.06. The third-order valence-electron chi connectivity index (χ3n) is 3.62. The zero-order valence-corrected chi connectivity index (χ0v) is 14.9. The topological polar surface area (TPSA) is 34.1 Å². The Hall–Kier alpha value is -0.450. The molecule has 0 atom stereocenters. The van der Waals surface area contributed by atoms with Gasteiger partial charge in [0.15, 0.2) is 0 Å². The van der Waals surface area contributed by atoms with Gasteiger partial charge in [0.25, 0.3) is 0 Å². The Kier molecular flexibility index (Phi) is 6.17. The van der Waals surface area contributed by atoms with Gasteiger partial charge >= 0.3 is 0 Å². The summed E-state index contributed by atoms with van der Waals surface area (Å²) >= 11 is 1.80. The summed E-state index contributed by atoms with van der Waals surface area (Å²) in [6, 6.07) is 0. The highest BCUT2D eigenvalue weighted by Gasteiger charge is 2.33. The minimum Gasteiger partial charge on any atom is -0.368 e. The molecule has 0 fully saturated rings. The molecule has 1 aromatic rings. The maximum Gasteiger partial charge on any atom is 0.125 e. The number of nitrogens with one attached hydrogen (secondary N) is 1. The second-order valence-electron chi connectivity index (χ2n) is 6.27. The summed E-state index contributed by atoms with van der Waals surface area (Å²) in [5.74, 6) is 0. The molecule has 0 saturated heterocycles. The summed E-state index contributed by atoms with van der Waals surface area (Å²) in [5, 5.41) is 4.67. The van der Waals surface area contributed by atoms with E-state index in [0.717, 1.165) is 36.7 Å². The van der Waals surface area contributed by atoms with Crippen LogP contribution in [0.25, 0.3) is 0 Å². The molecule has 3 nitrogen and oxygen atoms in total. The zero-order chi connectivity index (χ0) is 15.4. The van der Waals surface area contributed by atoms with Crippen molar-refractivity contribution < 1.29 is 4.74 Å². The van der Waals surface area contributed by atoms with Gasteiger partial charge in [-0.25, -0.2) is 4.98 Å². The predicted molar refractivity (Wildman–Crippen MR) is 87.3 cm³/mol. The first-order valence-corrected chi connectivity index (χ1v) is 8.45. The molecular formula is C16H30N2OS. The van der Waals surface area contributed by atoms with Crippen LogP contribution in [0.4, 0.5) is 0 Å². The highest BCUT2D eigenvalue weighted by atomic mass is 32.1. The van der Waals surface area contributed by atoms with Gasteiger partial charge in [-0.1, -0.05) is 13.8 Å². The number of hydrogen-bond donors (Lipinski definition) is 1. The zero-order valence-electron chi connectivity index (χ0n) is 14.1. The molecule has 116 valence electrons. The Bertz CT molecular complexity index is 417. The van der Waals surface area contributed by atoms with Crippen LogP contribution in [0.3, 0.4) is 0 Å². The van der Waals surface area contributed by atoms with Crippen molar-refractivity contribution in [1.29, 1.82) is 0 Å². The molecular weight excluding hydrogens is 268 g/mol. The van der Waals surface area contributed by atoms with E-state index in [2.05, 4.69) is 53.8 Å². The maximum absolute atomic E-state index is 6.06. The van der Waals surface area contributed by atoms with Crippen molar-refractivity contribution in [3.05, 3.63) is 15.6 Å². The number of thiazole rings is 1. The lowest BCUT2D eigenvalue weighted by molar-refractivity contribution is -0.0507. The normalized spacial score (nSPS) is 12.9. The summed E-state index contributed by atoms with van der Waals surface area (Å²) < 4.78 is 6.06. The first-order valence-electron chi connectivity index (χ1n) is 7.63. The molecule has 20 heavy (non-hydrogen) atoms. The van der Waals surface area contributed by atoms with Crippen molar-refractivity contribution in [3.8, 4) is 0 Å². The summed E-state index contributed by atoms with van der Waals surface area (Å²) in [6.07, 6.45) is 1.94. The minimum absolute atomic E-state index is 0.128. The molecule has 0 spiro atoms. The van der Waals surface area contributed by atoms with E-state index in [1.54, 1.807) is 11.3 Å². The van der Waals surface area contributed by atoms with Crippen molar-refractivity contribution in [1.82, 2.24) is 10.3 Å². The molecule has 1 aromatic heterocycles. The van der Waals surface area contributed by atoms with E-state index < -0.39 is 0 Å². The van der Waals surface area contributed by atoms with Crippen LogP contribution >= 0.6 is 11.3 Å². The number of rotatable bonds is 7. The summed E-state index contributed by atoms with van der Waals surface area (Å²) in [7, 11) is 0. The number of nitrogens with zero attached hydrogens (tertiary/aromatic N) is 1. The van der Waals surface area contributed by atoms with Gasteiger partial charge in [-0.3, -0.25) is 0 Å². The molecule has 0 aliphatic carbocycles. The largest absolute Gasteiger partial charge is 0.368 e. The fourth-order valence-corrected chi connectivity index (χ4v) is 3.51. The monoisotopic (exact) mass is 298 g/mol. The lowest BCUT2D eigenvalue weighted by Gasteiger charge is -2.29. The van der Waals surface area contributed by atoms with Gasteiger partial charge in [0, 0.05) is 23.6 Å². The number of ether oxygens (including phenoxy) is 1. The summed E-state index contributed by atoms with van der Waals surface area (Å²) in [6.45, 7) is 16.7. The van der Waals surface area contributed by atoms with Gasteiger partial charge in [0.05, 0.1) is 5.69 Å². The van der Waals surface area contributed by atoms with Gasteiger partial charge in [0.1, 0.15) is 10.6 Å². The SMILES string of the molecule is CCOC(CC)(CC)c1nc(C)c(CNC(C)(C)C)s1. The van der Waals surface area contributed by atoms with E-state index in [-0.39, 0.29) is 11.1 Å². The van der Waals surface area contributed by atoms with Crippen LogP contribution in [0, 0.1) is 6.92 Å². The van der Waals surface area contributed by atoms with Crippen LogP contribution in [0.1, 0.15) is 70.0 Å². The third kappa shape index (κ3) is 4.27. The highest BCUT2D eigenvalue weighted by molar-refractivity contribution is 7.11. The van der Waals surface area contributed by atoms with E-state index >= 15 is 0 Å². The van der Waals surface area contributed by atoms with E-state index in [9.17, 15) is 0 Å².